The second kappa shape index (κ2) is 12.8. The Morgan fingerprint density at radius 2 is 1.46 bits per heavy atom. The molecule has 214 valence electrons. The van der Waals surface area contributed by atoms with E-state index in [1.54, 1.807) is 48.4 Å². The van der Waals surface area contributed by atoms with Crippen molar-refractivity contribution in [2.75, 3.05) is 69.7 Å². The van der Waals surface area contributed by atoms with Gasteiger partial charge in [0.15, 0.2) is 0 Å². The van der Waals surface area contributed by atoms with Crippen LogP contribution in [0.2, 0.25) is 0 Å². The molecular weight excluding hydrogens is 525 g/mol. The molecule has 2 aliphatic rings. The number of nitrogens with zero attached hydrogens (tertiary/aromatic N) is 3. The van der Waals surface area contributed by atoms with Crippen LogP contribution in [0.25, 0.3) is 0 Å². The first-order chi connectivity index (χ1) is 19.9. The maximum atomic E-state index is 13.4. The van der Waals surface area contributed by atoms with Crippen LogP contribution in [0.3, 0.4) is 0 Å². The summed E-state index contributed by atoms with van der Waals surface area (Å²) in [6.45, 7) is 4.94. The second-order valence-corrected chi connectivity index (χ2v) is 10.1. The summed E-state index contributed by atoms with van der Waals surface area (Å²) in [5.74, 6) is -0.362. The molecule has 0 aromatic heterocycles. The lowest BCUT2D eigenvalue weighted by Crippen LogP contribution is -2.49. The van der Waals surface area contributed by atoms with E-state index in [9.17, 15) is 18.8 Å². The SMILES string of the molecule is COc1cccc(C(=O)N2CCN(c3ccc(C(=O)N4CCCNCC4)cc3NC(=O)c3ccc(F)cc3)CC2)c1. The minimum Gasteiger partial charge on any atom is -0.497 e. The second-order valence-electron chi connectivity index (χ2n) is 10.1. The lowest BCUT2D eigenvalue weighted by molar-refractivity contribution is 0.0743. The molecular formula is C31H34FN5O4. The van der Waals surface area contributed by atoms with Gasteiger partial charge in [0.25, 0.3) is 17.7 Å². The molecule has 0 radical (unpaired) electrons. The van der Waals surface area contributed by atoms with E-state index in [-0.39, 0.29) is 11.8 Å². The van der Waals surface area contributed by atoms with E-state index < -0.39 is 11.7 Å². The number of hydrogen-bond acceptors (Lipinski definition) is 6. The maximum Gasteiger partial charge on any atom is 0.255 e. The lowest BCUT2D eigenvalue weighted by Gasteiger charge is -2.37. The van der Waals surface area contributed by atoms with Crippen molar-refractivity contribution in [1.29, 1.82) is 0 Å². The molecule has 9 nitrogen and oxygen atoms in total. The number of carbonyl (C=O) groups excluding carboxylic acids is 3. The summed E-state index contributed by atoms with van der Waals surface area (Å²) < 4.78 is 18.7. The molecule has 0 saturated carbocycles. The van der Waals surface area contributed by atoms with Crippen LogP contribution in [0.4, 0.5) is 15.8 Å². The molecule has 2 heterocycles. The van der Waals surface area contributed by atoms with Crippen LogP contribution in [0.15, 0.2) is 66.7 Å². The molecule has 0 atom stereocenters. The Bertz CT molecular complexity index is 1400. The van der Waals surface area contributed by atoms with Crippen molar-refractivity contribution in [2.24, 2.45) is 0 Å². The topological polar surface area (TPSA) is 94.2 Å². The molecule has 3 aromatic rings. The first kappa shape index (κ1) is 28.1. The standard InChI is InChI=1S/C31H34FN5O4/c1-41-26-5-2-4-23(20-26)30(39)37-18-16-35(17-19-37)28-11-8-24(31(40)36-14-3-12-33-13-15-36)21-27(28)34-29(38)22-6-9-25(32)10-7-22/h2,4-11,20-21,33H,3,12-19H2,1H3,(H,34,38). The number of hydrogen-bond donors (Lipinski definition) is 2. The highest BCUT2D eigenvalue weighted by Crippen LogP contribution is 2.30. The number of carbonyl (C=O) groups is 3. The van der Waals surface area contributed by atoms with E-state index >= 15 is 0 Å². The van der Waals surface area contributed by atoms with E-state index in [0.29, 0.717) is 67.4 Å². The fourth-order valence-corrected chi connectivity index (χ4v) is 5.16. The molecule has 2 fully saturated rings. The predicted octanol–water partition coefficient (Wildman–Crippen LogP) is 3.48. The zero-order valence-corrected chi connectivity index (χ0v) is 23.1. The number of methoxy groups -OCH3 is 1. The van der Waals surface area contributed by atoms with Gasteiger partial charge in [-0.3, -0.25) is 14.4 Å². The van der Waals surface area contributed by atoms with Crippen LogP contribution in [-0.2, 0) is 0 Å². The zero-order valence-electron chi connectivity index (χ0n) is 23.1. The summed E-state index contributed by atoms with van der Waals surface area (Å²) in [6, 6.07) is 17.8. The number of benzene rings is 3. The largest absolute Gasteiger partial charge is 0.497 e. The molecule has 10 heteroatoms. The van der Waals surface area contributed by atoms with Crippen molar-refractivity contribution in [3.63, 3.8) is 0 Å². The van der Waals surface area contributed by atoms with Gasteiger partial charge in [0.1, 0.15) is 11.6 Å². The van der Waals surface area contributed by atoms with Gasteiger partial charge in [-0.15, -0.1) is 0 Å². The summed E-state index contributed by atoms with van der Waals surface area (Å²) in [5.41, 5.74) is 2.60. The predicted molar refractivity (Wildman–Crippen MR) is 155 cm³/mol. The third kappa shape index (κ3) is 6.66. The summed E-state index contributed by atoms with van der Waals surface area (Å²) in [7, 11) is 1.57. The molecule has 41 heavy (non-hydrogen) atoms. The molecule has 3 amide bonds. The highest BCUT2D eigenvalue weighted by molar-refractivity contribution is 6.07. The van der Waals surface area contributed by atoms with Crippen molar-refractivity contribution < 1.29 is 23.5 Å². The van der Waals surface area contributed by atoms with Gasteiger partial charge < -0.3 is 30.1 Å². The highest BCUT2D eigenvalue weighted by Gasteiger charge is 2.26. The van der Waals surface area contributed by atoms with Crippen molar-refractivity contribution in [3.8, 4) is 5.75 Å². The van der Waals surface area contributed by atoms with Gasteiger partial charge in [-0.2, -0.15) is 0 Å². The maximum absolute atomic E-state index is 13.4. The Morgan fingerprint density at radius 3 is 2.20 bits per heavy atom. The Morgan fingerprint density at radius 1 is 0.780 bits per heavy atom. The van der Waals surface area contributed by atoms with E-state index in [0.717, 1.165) is 25.2 Å². The molecule has 3 aromatic carbocycles. The van der Waals surface area contributed by atoms with Crippen molar-refractivity contribution >= 4 is 29.1 Å². The van der Waals surface area contributed by atoms with Crippen molar-refractivity contribution in [3.05, 3.63) is 89.2 Å². The summed E-state index contributed by atoms with van der Waals surface area (Å²) in [4.78, 5) is 45.3. The van der Waals surface area contributed by atoms with Crippen molar-refractivity contribution in [2.45, 2.75) is 6.42 Å². The van der Waals surface area contributed by atoms with Crippen molar-refractivity contribution in [1.82, 2.24) is 15.1 Å². The number of anilines is 2. The van der Waals surface area contributed by atoms with Gasteiger partial charge in [0.2, 0.25) is 0 Å². The fraction of sp³-hybridized carbons (Fsp3) is 0.323. The minimum absolute atomic E-state index is 0.0683. The quantitative estimate of drug-likeness (QED) is 0.481. The third-order valence-corrected chi connectivity index (χ3v) is 7.45. The fourth-order valence-electron chi connectivity index (χ4n) is 5.16. The van der Waals surface area contributed by atoms with Crippen LogP contribution in [0.1, 0.15) is 37.5 Å². The molecule has 2 aliphatic heterocycles. The Kier molecular flexibility index (Phi) is 8.79. The van der Waals surface area contributed by atoms with Crippen LogP contribution < -0.4 is 20.3 Å². The Balaban J connectivity index is 1.36. The normalized spacial score (nSPS) is 15.7. The van der Waals surface area contributed by atoms with Crippen LogP contribution in [0, 0.1) is 5.82 Å². The van der Waals surface area contributed by atoms with E-state index in [2.05, 4.69) is 15.5 Å². The monoisotopic (exact) mass is 559 g/mol. The molecule has 5 rings (SSSR count). The number of ether oxygens (including phenoxy) is 1. The first-order valence-corrected chi connectivity index (χ1v) is 13.8. The number of halogens is 1. The molecule has 2 saturated heterocycles. The summed E-state index contributed by atoms with van der Waals surface area (Å²) >= 11 is 0. The molecule has 0 unspecified atom stereocenters. The van der Waals surface area contributed by atoms with E-state index in [4.69, 9.17) is 4.74 Å². The van der Waals surface area contributed by atoms with Gasteiger partial charge in [-0.05, 0) is 73.6 Å². The summed E-state index contributed by atoms with van der Waals surface area (Å²) in [5, 5.41) is 6.25. The molecule has 2 N–H and O–H groups in total. The van der Waals surface area contributed by atoms with Gasteiger partial charge in [-0.25, -0.2) is 4.39 Å². The Hall–Kier alpha value is -4.44. The smallest absolute Gasteiger partial charge is 0.255 e. The molecule has 0 bridgehead atoms. The highest BCUT2D eigenvalue weighted by atomic mass is 19.1. The van der Waals surface area contributed by atoms with Gasteiger partial charge >= 0.3 is 0 Å². The van der Waals surface area contributed by atoms with Gasteiger partial charge in [0, 0.05) is 62.5 Å². The average Bonchev–Trinajstić information content (AvgIpc) is 3.30. The van der Waals surface area contributed by atoms with Gasteiger partial charge in [-0.1, -0.05) is 6.07 Å². The lowest BCUT2D eigenvalue weighted by atomic mass is 10.1. The zero-order chi connectivity index (χ0) is 28.8. The van der Waals surface area contributed by atoms with E-state index in [1.807, 2.05) is 11.0 Å². The Labute approximate surface area is 238 Å². The van der Waals surface area contributed by atoms with Crippen LogP contribution in [0.5, 0.6) is 5.75 Å². The molecule has 0 aliphatic carbocycles. The average molecular weight is 560 g/mol. The molecule has 0 spiro atoms. The third-order valence-electron chi connectivity index (χ3n) is 7.45. The first-order valence-electron chi connectivity index (χ1n) is 13.8. The van der Waals surface area contributed by atoms with Crippen LogP contribution in [-0.4, -0.2) is 87.0 Å². The minimum atomic E-state index is -0.428. The number of rotatable bonds is 6. The van der Waals surface area contributed by atoms with E-state index in [1.165, 1.54) is 24.3 Å². The summed E-state index contributed by atoms with van der Waals surface area (Å²) in [6.07, 6.45) is 0.872. The number of piperazine rings is 1. The number of nitrogens with one attached hydrogen (secondary N) is 2. The van der Waals surface area contributed by atoms with Crippen LogP contribution >= 0.6 is 0 Å². The number of amides is 3. The van der Waals surface area contributed by atoms with Gasteiger partial charge in [0.05, 0.1) is 18.5 Å².